The topological polar surface area (TPSA) is 91.8 Å². The van der Waals surface area contributed by atoms with Crippen LogP contribution in [0.25, 0.3) is 0 Å². The number of carbonyl (C=O) groups is 2. The predicted molar refractivity (Wildman–Crippen MR) is 124 cm³/mol. The van der Waals surface area contributed by atoms with Gasteiger partial charge in [-0.15, -0.1) is 0 Å². The van der Waals surface area contributed by atoms with E-state index in [2.05, 4.69) is 16.4 Å². The second-order valence-electron chi connectivity index (χ2n) is 8.29. The minimum absolute atomic E-state index is 0.107. The Morgan fingerprint density at radius 2 is 2.09 bits per heavy atom. The van der Waals surface area contributed by atoms with Gasteiger partial charge < -0.3 is 20.1 Å². The average molecular weight is 458 g/mol. The van der Waals surface area contributed by atoms with Crippen molar-refractivity contribution in [2.75, 3.05) is 25.5 Å². The number of ether oxygens (including phenoxy) is 1. The third-order valence-electron chi connectivity index (χ3n) is 5.89. The lowest BCUT2D eigenvalue weighted by Crippen LogP contribution is -2.32. The van der Waals surface area contributed by atoms with Crippen LogP contribution in [0, 0.1) is 5.82 Å². The summed E-state index contributed by atoms with van der Waals surface area (Å²) in [5, 5.41) is 12.7. The molecule has 1 atom stereocenters. The number of fused-ring (bicyclic) bond motifs is 1. The van der Waals surface area contributed by atoms with Gasteiger partial charge >= 0.3 is 5.97 Å². The second kappa shape index (κ2) is 11.6. The van der Waals surface area contributed by atoms with Crippen LogP contribution in [0.4, 0.5) is 10.2 Å². The molecule has 8 heteroatoms. The number of carboxylic acid groups (broad SMARTS) is 1. The lowest BCUT2D eigenvalue weighted by molar-refractivity contribution is -0.140. The van der Waals surface area contributed by atoms with Gasteiger partial charge in [0.2, 0.25) is 5.91 Å². The lowest BCUT2D eigenvalue weighted by atomic mass is 10.0. The molecule has 0 fully saturated rings. The summed E-state index contributed by atoms with van der Waals surface area (Å²) in [6.45, 7) is 3.02. The van der Waals surface area contributed by atoms with Crippen molar-refractivity contribution < 1.29 is 23.8 Å². The summed E-state index contributed by atoms with van der Waals surface area (Å²) < 4.78 is 19.5. The molecule has 1 aliphatic heterocycles. The molecule has 178 valence electrons. The van der Waals surface area contributed by atoms with E-state index in [1.165, 1.54) is 22.6 Å². The van der Waals surface area contributed by atoms with E-state index in [0.29, 0.717) is 18.6 Å². The van der Waals surface area contributed by atoms with Gasteiger partial charge in [-0.1, -0.05) is 12.1 Å². The van der Waals surface area contributed by atoms with Gasteiger partial charge in [-0.2, -0.15) is 0 Å². The molecule has 2 N–H and O–H groups in total. The number of benzene rings is 1. The predicted octanol–water partition coefficient (Wildman–Crippen LogP) is 4.36. The van der Waals surface area contributed by atoms with Gasteiger partial charge in [0.1, 0.15) is 5.82 Å². The van der Waals surface area contributed by atoms with E-state index in [0.717, 1.165) is 43.7 Å². The van der Waals surface area contributed by atoms with Gasteiger partial charge in [0.05, 0.1) is 19.1 Å². The molecular weight excluding hydrogens is 425 g/mol. The number of aliphatic carboxylic acids is 1. The number of rotatable bonds is 11. The molecule has 2 aromatic rings. The van der Waals surface area contributed by atoms with Crippen molar-refractivity contribution in [3.8, 4) is 5.75 Å². The van der Waals surface area contributed by atoms with Gasteiger partial charge in [0.25, 0.3) is 0 Å². The van der Waals surface area contributed by atoms with Crippen molar-refractivity contribution in [2.45, 2.75) is 57.9 Å². The van der Waals surface area contributed by atoms with Gasteiger partial charge in [-0.3, -0.25) is 9.59 Å². The minimum atomic E-state index is -1.05. The summed E-state index contributed by atoms with van der Waals surface area (Å²) in [7, 11) is 1.57. The van der Waals surface area contributed by atoms with Crippen molar-refractivity contribution in [3.63, 3.8) is 0 Å². The Morgan fingerprint density at radius 1 is 1.27 bits per heavy atom. The largest absolute Gasteiger partial charge is 0.491 e. The first-order valence-electron chi connectivity index (χ1n) is 11.5. The molecule has 1 aromatic carbocycles. The van der Waals surface area contributed by atoms with Crippen LogP contribution in [-0.2, 0) is 22.4 Å². The van der Waals surface area contributed by atoms with Crippen molar-refractivity contribution in [1.82, 2.24) is 9.88 Å². The Balaban J connectivity index is 1.56. The summed E-state index contributed by atoms with van der Waals surface area (Å²) in [6, 6.07) is 7.74. The first-order valence-corrected chi connectivity index (χ1v) is 11.5. The molecular formula is C25H32FN3O4. The molecule has 1 amide bonds. The SMILES string of the molecule is CCOc1ccc([C@H](CC(=O)O)N(C)C(=O)CCCCc2ccc3c(n2)NCCC3)cc1F. The molecule has 33 heavy (non-hydrogen) atoms. The Morgan fingerprint density at radius 3 is 2.82 bits per heavy atom. The summed E-state index contributed by atoms with van der Waals surface area (Å²) in [5.41, 5.74) is 2.68. The number of aromatic nitrogens is 1. The molecule has 3 rings (SSSR count). The van der Waals surface area contributed by atoms with Crippen LogP contribution in [0.15, 0.2) is 30.3 Å². The highest BCUT2D eigenvalue weighted by atomic mass is 19.1. The van der Waals surface area contributed by atoms with Crippen LogP contribution in [0.2, 0.25) is 0 Å². The van der Waals surface area contributed by atoms with Gasteiger partial charge in [0, 0.05) is 25.7 Å². The first kappa shape index (κ1) is 24.5. The minimum Gasteiger partial charge on any atom is -0.491 e. The fourth-order valence-corrected chi connectivity index (χ4v) is 4.08. The number of carbonyl (C=O) groups excluding carboxylic acids is 1. The van der Waals surface area contributed by atoms with Crippen LogP contribution in [0.1, 0.15) is 61.9 Å². The van der Waals surface area contributed by atoms with Crippen molar-refractivity contribution in [3.05, 3.63) is 53.0 Å². The lowest BCUT2D eigenvalue weighted by Gasteiger charge is -2.28. The van der Waals surface area contributed by atoms with Crippen molar-refractivity contribution in [2.24, 2.45) is 0 Å². The van der Waals surface area contributed by atoms with E-state index < -0.39 is 17.8 Å². The first-order chi connectivity index (χ1) is 15.9. The number of anilines is 1. The van der Waals surface area contributed by atoms with E-state index in [4.69, 9.17) is 4.74 Å². The van der Waals surface area contributed by atoms with Gasteiger partial charge in [-0.05, 0) is 68.4 Å². The number of hydrogen-bond donors (Lipinski definition) is 2. The Labute approximate surface area is 194 Å². The molecule has 0 saturated carbocycles. The van der Waals surface area contributed by atoms with Gasteiger partial charge in [0.15, 0.2) is 11.6 Å². The molecule has 2 heterocycles. The standard InChI is InChI=1S/C25H32FN3O4/c1-3-33-22-13-11-18(15-20(22)26)21(16-24(31)32)29(2)23(30)9-5-4-8-19-12-10-17-7-6-14-27-25(17)28-19/h10-13,15,21H,3-9,14,16H2,1-2H3,(H,27,28)(H,31,32)/t21-/m0/s1. The molecule has 0 radical (unpaired) electrons. The molecule has 0 bridgehead atoms. The summed E-state index contributed by atoms with van der Waals surface area (Å²) in [4.78, 5) is 30.3. The monoisotopic (exact) mass is 457 g/mol. The molecule has 0 spiro atoms. The zero-order valence-corrected chi connectivity index (χ0v) is 19.3. The fraction of sp³-hybridized carbons (Fsp3) is 0.480. The maximum absolute atomic E-state index is 14.3. The Bertz CT molecular complexity index is 982. The number of nitrogens with zero attached hydrogens (tertiary/aromatic N) is 2. The smallest absolute Gasteiger partial charge is 0.305 e. The van der Waals surface area contributed by atoms with Gasteiger partial charge in [-0.25, -0.2) is 9.37 Å². The zero-order valence-electron chi connectivity index (χ0n) is 19.3. The third-order valence-corrected chi connectivity index (χ3v) is 5.89. The number of hydrogen-bond acceptors (Lipinski definition) is 5. The quantitative estimate of drug-likeness (QED) is 0.487. The third kappa shape index (κ3) is 6.66. The number of amides is 1. The Kier molecular flexibility index (Phi) is 8.63. The van der Waals surface area contributed by atoms with E-state index >= 15 is 0 Å². The molecule has 0 saturated heterocycles. The number of nitrogens with one attached hydrogen (secondary N) is 1. The number of carboxylic acids is 1. The van der Waals surface area contributed by atoms with E-state index in [1.54, 1.807) is 20.0 Å². The number of halogens is 1. The summed E-state index contributed by atoms with van der Waals surface area (Å²) in [6.07, 6.45) is 4.38. The van der Waals surface area contributed by atoms with Crippen LogP contribution < -0.4 is 10.1 Å². The van der Waals surface area contributed by atoms with Crippen molar-refractivity contribution >= 4 is 17.7 Å². The van der Waals surface area contributed by atoms with E-state index in [9.17, 15) is 19.1 Å². The molecule has 1 aliphatic rings. The second-order valence-corrected chi connectivity index (χ2v) is 8.29. The highest BCUT2D eigenvalue weighted by Crippen LogP contribution is 2.28. The highest BCUT2D eigenvalue weighted by Gasteiger charge is 2.25. The fourth-order valence-electron chi connectivity index (χ4n) is 4.08. The van der Waals surface area contributed by atoms with Crippen LogP contribution >= 0.6 is 0 Å². The van der Waals surface area contributed by atoms with Crippen LogP contribution in [0.3, 0.4) is 0 Å². The summed E-state index contributed by atoms with van der Waals surface area (Å²) in [5.74, 6) is -0.724. The maximum Gasteiger partial charge on any atom is 0.305 e. The number of unbranched alkanes of at least 4 members (excludes halogenated alkanes) is 1. The van der Waals surface area contributed by atoms with Crippen LogP contribution in [0.5, 0.6) is 5.75 Å². The van der Waals surface area contributed by atoms with E-state index in [1.807, 2.05) is 6.07 Å². The van der Waals surface area contributed by atoms with Crippen LogP contribution in [-0.4, -0.2) is 47.1 Å². The zero-order chi connectivity index (χ0) is 23.8. The summed E-state index contributed by atoms with van der Waals surface area (Å²) >= 11 is 0. The number of aryl methyl sites for hydroxylation is 2. The average Bonchev–Trinajstić information content (AvgIpc) is 2.81. The van der Waals surface area contributed by atoms with Crippen molar-refractivity contribution in [1.29, 1.82) is 0 Å². The normalized spacial score (nSPS) is 13.5. The maximum atomic E-state index is 14.3. The van der Waals surface area contributed by atoms with E-state index in [-0.39, 0.29) is 24.5 Å². The molecule has 1 aromatic heterocycles. The molecule has 0 aliphatic carbocycles. The highest BCUT2D eigenvalue weighted by molar-refractivity contribution is 5.77. The Hall–Kier alpha value is -3.16. The number of pyridine rings is 1. The molecule has 7 nitrogen and oxygen atoms in total. The molecule has 0 unspecified atom stereocenters.